The maximum absolute atomic E-state index is 11.2. The molecule has 0 amide bonds. The minimum Gasteiger partial charge on any atom is -0.509 e. The molecular formula is C11H15ClO6. The van der Waals surface area contributed by atoms with Gasteiger partial charge in [-0.25, -0.2) is 4.79 Å². The summed E-state index contributed by atoms with van der Waals surface area (Å²) >= 11 is 5.54. The number of allylic oxidation sites excluding steroid dienone is 1. The van der Waals surface area contributed by atoms with Gasteiger partial charge in [0.05, 0.1) is 0 Å². The summed E-state index contributed by atoms with van der Waals surface area (Å²) in [5, 5.41) is 38.8. The summed E-state index contributed by atoms with van der Waals surface area (Å²) in [5.41, 5.74) is -1.56. The number of alkyl halides is 1. The second-order valence-electron chi connectivity index (χ2n) is 4.20. The van der Waals surface area contributed by atoms with Crippen LogP contribution in [0.1, 0.15) is 20.3 Å². The molecule has 1 heterocycles. The molecule has 1 aliphatic heterocycles. The number of hydrogen-bond donors (Lipinski definition) is 4. The smallest absolute Gasteiger partial charge is 0.378 e. The van der Waals surface area contributed by atoms with E-state index in [0.29, 0.717) is 5.57 Å². The number of carbonyl (C=O) groups excluding carboxylic acids is 1. The van der Waals surface area contributed by atoms with Crippen LogP contribution < -0.4 is 0 Å². The van der Waals surface area contributed by atoms with Crippen molar-refractivity contribution in [2.45, 2.75) is 32.0 Å². The van der Waals surface area contributed by atoms with Crippen LogP contribution in [-0.4, -0.2) is 44.0 Å². The molecule has 102 valence electrons. The molecule has 18 heavy (non-hydrogen) atoms. The van der Waals surface area contributed by atoms with Crippen LogP contribution in [0.5, 0.6) is 0 Å². The van der Waals surface area contributed by atoms with Crippen molar-refractivity contribution in [3.8, 4) is 0 Å². The van der Waals surface area contributed by atoms with Crippen LogP contribution in [-0.2, 0) is 9.53 Å². The lowest BCUT2D eigenvalue weighted by Gasteiger charge is -2.31. The molecule has 0 aromatic carbocycles. The van der Waals surface area contributed by atoms with E-state index in [1.807, 2.05) is 0 Å². The molecule has 0 aromatic heterocycles. The number of aliphatic hydroxyl groups excluding tert-OH is 4. The maximum Gasteiger partial charge on any atom is 0.378 e. The number of carbonyl (C=O) groups is 1. The van der Waals surface area contributed by atoms with Gasteiger partial charge in [-0.3, -0.25) is 0 Å². The Kier molecular flexibility index (Phi) is 4.13. The van der Waals surface area contributed by atoms with Crippen molar-refractivity contribution < 1.29 is 30.0 Å². The van der Waals surface area contributed by atoms with Gasteiger partial charge in [0.25, 0.3) is 0 Å². The average molecular weight is 279 g/mol. The highest BCUT2D eigenvalue weighted by molar-refractivity contribution is 6.18. The molecule has 0 aromatic rings. The molecule has 6 nitrogen and oxygen atoms in total. The van der Waals surface area contributed by atoms with Gasteiger partial charge in [-0.15, -0.1) is 11.6 Å². The predicted molar refractivity (Wildman–Crippen MR) is 63.5 cm³/mol. The maximum atomic E-state index is 11.2. The van der Waals surface area contributed by atoms with Gasteiger partial charge < -0.3 is 25.2 Å². The van der Waals surface area contributed by atoms with Crippen molar-refractivity contribution in [1.29, 1.82) is 0 Å². The molecule has 2 atom stereocenters. The molecule has 0 fully saturated rings. The molecule has 0 saturated heterocycles. The molecule has 1 aliphatic rings. The lowest BCUT2D eigenvalue weighted by Crippen LogP contribution is -2.46. The van der Waals surface area contributed by atoms with E-state index in [2.05, 4.69) is 0 Å². The zero-order valence-electron chi connectivity index (χ0n) is 9.97. The summed E-state index contributed by atoms with van der Waals surface area (Å²) in [6, 6.07) is 0. The number of esters is 1. The van der Waals surface area contributed by atoms with Gasteiger partial charge in [-0.05, 0) is 19.4 Å². The first-order chi connectivity index (χ1) is 8.27. The van der Waals surface area contributed by atoms with E-state index in [4.69, 9.17) is 16.3 Å². The first kappa shape index (κ1) is 14.7. The van der Waals surface area contributed by atoms with Crippen LogP contribution in [0.15, 0.2) is 22.9 Å². The summed E-state index contributed by atoms with van der Waals surface area (Å²) in [6.45, 7) is 3.06. The van der Waals surface area contributed by atoms with E-state index in [-0.39, 0.29) is 12.3 Å². The van der Waals surface area contributed by atoms with Crippen molar-refractivity contribution in [1.82, 2.24) is 0 Å². The second-order valence-corrected chi connectivity index (χ2v) is 4.58. The topological polar surface area (TPSA) is 107 Å². The van der Waals surface area contributed by atoms with Crippen molar-refractivity contribution in [3.63, 3.8) is 0 Å². The fraction of sp³-hybridized carbons (Fsp3) is 0.545. The van der Waals surface area contributed by atoms with Gasteiger partial charge >= 0.3 is 5.97 Å². The number of cyclic esters (lactones) is 1. The van der Waals surface area contributed by atoms with E-state index in [0.717, 1.165) is 0 Å². The average Bonchev–Trinajstić information content (AvgIpc) is 2.53. The number of aliphatic hydroxyl groups is 4. The van der Waals surface area contributed by atoms with Crippen LogP contribution in [0.3, 0.4) is 0 Å². The lowest BCUT2D eigenvalue weighted by molar-refractivity contribution is -0.160. The molecular weight excluding hydrogens is 264 g/mol. The number of halogens is 1. The van der Waals surface area contributed by atoms with Crippen LogP contribution in [0.25, 0.3) is 0 Å². The van der Waals surface area contributed by atoms with E-state index in [1.54, 1.807) is 0 Å². The van der Waals surface area contributed by atoms with E-state index >= 15 is 0 Å². The Morgan fingerprint density at radius 1 is 1.44 bits per heavy atom. The van der Waals surface area contributed by atoms with Crippen LogP contribution in [0.4, 0.5) is 0 Å². The summed E-state index contributed by atoms with van der Waals surface area (Å²) in [4.78, 5) is 11.2. The normalized spacial score (nSPS) is 25.0. The van der Waals surface area contributed by atoms with Gasteiger partial charge in [0.2, 0.25) is 11.4 Å². The SMILES string of the molecule is CC(C)=C(O)[C@H](O)[C@@]1(CCCl)OC(=O)C(O)=C1O. The number of ether oxygens (including phenoxy) is 1. The van der Waals surface area contributed by atoms with Gasteiger partial charge in [-0.2, -0.15) is 0 Å². The molecule has 0 radical (unpaired) electrons. The molecule has 0 saturated carbocycles. The lowest BCUT2D eigenvalue weighted by atomic mass is 9.89. The van der Waals surface area contributed by atoms with Gasteiger partial charge in [0, 0.05) is 12.3 Å². The van der Waals surface area contributed by atoms with Crippen LogP contribution in [0.2, 0.25) is 0 Å². The highest BCUT2D eigenvalue weighted by Gasteiger charge is 2.55. The Labute approximate surface area is 109 Å². The predicted octanol–water partition coefficient (Wildman–Crippen LogP) is 1.45. The summed E-state index contributed by atoms with van der Waals surface area (Å²) in [5.74, 6) is -3.49. The Balaban J connectivity index is 3.28. The van der Waals surface area contributed by atoms with Crippen molar-refractivity contribution >= 4 is 17.6 Å². The Bertz CT molecular complexity index is 423. The largest absolute Gasteiger partial charge is 0.509 e. The second kappa shape index (κ2) is 5.07. The van der Waals surface area contributed by atoms with E-state index < -0.39 is 35.0 Å². The fourth-order valence-electron chi connectivity index (χ4n) is 1.69. The Hall–Kier alpha value is -1.40. The number of hydrogen-bond acceptors (Lipinski definition) is 6. The van der Waals surface area contributed by atoms with Crippen LogP contribution >= 0.6 is 11.6 Å². The van der Waals surface area contributed by atoms with Gasteiger partial charge in [-0.1, -0.05) is 0 Å². The monoisotopic (exact) mass is 278 g/mol. The molecule has 4 N–H and O–H groups in total. The van der Waals surface area contributed by atoms with Gasteiger partial charge in [0.1, 0.15) is 5.76 Å². The number of rotatable bonds is 4. The highest BCUT2D eigenvalue weighted by Crippen LogP contribution is 2.38. The first-order valence-electron chi connectivity index (χ1n) is 5.24. The standard InChI is InChI=1S/C11H15ClO6/c1-5(2)6(13)8(15)11(3-4-12)9(16)7(14)10(17)18-11/h8,13-16H,3-4H2,1-2H3/t8-,11+/m0/s1. The third-order valence-electron chi connectivity index (χ3n) is 2.77. The third-order valence-corrected chi connectivity index (χ3v) is 2.96. The minimum absolute atomic E-state index is 0.0578. The zero-order valence-corrected chi connectivity index (χ0v) is 10.7. The van der Waals surface area contributed by atoms with E-state index in [9.17, 15) is 25.2 Å². The van der Waals surface area contributed by atoms with Crippen molar-refractivity contribution in [2.24, 2.45) is 0 Å². The minimum atomic E-state index is -1.94. The molecule has 0 bridgehead atoms. The van der Waals surface area contributed by atoms with E-state index in [1.165, 1.54) is 13.8 Å². The fourth-order valence-corrected chi connectivity index (χ4v) is 1.97. The first-order valence-corrected chi connectivity index (χ1v) is 5.77. The summed E-state index contributed by atoms with van der Waals surface area (Å²) in [6.07, 6.45) is -1.86. The molecule has 0 spiro atoms. The van der Waals surface area contributed by atoms with Gasteiger partial charge in [0.15, 0.2) is 11.9 Å². The molecule has 7 heteroatoms. The quantitative estimate of drug-likeness (QED) is 0.352. The Morgan fingerprint density at radius 3 is 2.33 bits per heavy atom. The summed E-state index contributed by atoms with van der Waals surface area (Å²) < 4.78 is 4.81. The molecule has 0 unspecified atom stereocenters. The summed E-state index contributed by atoms with van der Waals surface area (Å²) in [7, 11) is 0. The highest BCUT2D eigenvalue weighted by atomic mass is 35.5. The van der Waals surface area contributed by atoms with Crippen molar-refractivity contribution in [3.05, 3.63) is 22.9 Å². The third kappa shape index (κ3) is 2.13. The van der Waals surface area contributed by atoms with Crippen LogP contribution in [0, 0.1) is 0 Å². The molecule has 0 aliphatic carbocycles. The molecule has 1 rings (SSSR count). The van der Waals surface area contributed by atoms with Crippen molar-refractivity contribution in [2.75, 3.05) is 5.88 Å². The zero-order chi connectivity index (χ0) is 14.1. The Morgan fingerprint density at radius 2 is 2.00 bits per heavy atom.